The Labute approximate surface area is 143 Å². The summed E-state index contributed by atoms with van der Waals surface area (Å²) in [5.41, 5.74) is 12.4. The molecule has 8 N–H and O–H groups in total. The number of rotatable bonds is 7. The molecule has 0 bridgehead atoms. The van der Waals surface area contributed by atoms with E-state index in [-0.39, 0.29) is 12.8 Å². The molecule has 0 saturated heterocycles. The second-order valence-corrected chi connectivity index (χ2v) is 5.39. The van der Waals surface area contributed by atoms with Crippen molar-refractivity contribution in [2.45, 2.75) is 31.3 Å². The zero-order valence-electron chi connectivity index (χ0n) is 13.4. The van der Waals surface area contributed by atoms with Crippen molar-refractivity contribution in [1.82, 2.24) is 4.98 Å². The molecule has 0 spiro atoms. The maximum absolute atomic E-state index is 10.6. The van der Waals surface area contributed by atoms with Crippen LogP contribution in [0.2, 0.25) is 0 Å². The van der Waals surface area contributed by atoms with Gasteiger partial charge in [0.2, 0.25) is 0 Å². The first-order valence-corrected chi connectivity index (χ1v) is 7.46. The van der Waals surface area contributed by atoms with Gasteiger partial charge in [-0.3, -0.25) is 14.4 Å². The number of nitrogens with one attached hydrogen (secondary N) is 1. The summed E-state index contributed by atoms with van der Waals surface area (Å²) in [6.45, 7) is 0. The molecule has 25 heavy (non-hydrogen) atoms. The number of fused-ring (bicyclic) bond motifs is 1. The minimum atomic E-state index is -1.17. The maximum Gasteiger partial charge on any atom is 0.320 e. The van der Waals surface area contributed by atoms with E-state index in [4.69, 9.17) is 26.8 Å². The van der Waals surface area contributed by atoms with Gasteiger partial charge in [0.05, 0.1) is 0 Å². The molecule has 0 aliphatic heterocycles. The van der Waals surface area contributed by atoms with Crippen molar-refractivity contribution >= 4 is 28.8 Å². The third-order valence-corrected chi connectivity index (χ3v) is 3.42. The third kappa shape index (κ3) is 6.61. The van der Waals surface area contributed by atoms with Crippen molar-refractivity contribution in [2.75, 3.05) is 0 Å². The standard InChI is InChI=1S/C11H12N2O2.C5H9NO4/c12-9(11(14)15)5-7-6-13-10-4-2-1-3-8(7)10;6-3(5(9)10)1-2-4(7)8/h1-4,6,9,13H,5,12H2,(H,14,15);3H,1-2,6H2,(H,7,8)(H,9,10). The molecule has 0 amide bonds. The van der Waals surface area contributed by atoms with Crippen LogP contribution in [-0.2, 0) is 20.8 Å². The molecule has 1 aromatic heterocycles. The monoisotopic (exact) mass is 351 g/mol. The van der Waals surface area contributed by atoms with Gasteiger partial charge in [0.15, 0.2) is 0 Å². The molecular formula is C16H21N3O6. The number of benzene rings is 1. The van der Waals surface area contributed by atoms with Gasteiger partial charge in [0.25, 0.3) is 0 Å². The molecule has 9 nitrogen and oxygen atoms in total. The largest absolute Gasteiger partial charge is 0.481 e. The van der Waals surface area contributed by atoms with Crippen LogP contribution in [0, 0.1) is 0 Å². The second kappa shape index (κ2) is 9.40. The van der Waals surface area contributed by atoms with Gasteiger partial charge < -0.3 is 31.8 Å². The lowest BCUT2D eigenvalue weighted by Gasteiger charge is -2.04. The van der Waals surface area contributed by atoms with E-state index in [0.717, 1.165) is 16.5 Å². The SMILES string of the molecule is NC(CCC(=O)O)C(=O)O.NC(Cc1c[nH]c2ccccc12)C(=O)O. The van der Waals surface area contributed by atoms with Crippen LogP contribution in [-0.4, -0.2) is 50.3 Å². The van der Waals surface area contributed by atoms with E-state index in [9.17, 15) is 14.4 Å². The average Bonchev–Trinajstić information content (AvgIpc) is 2.96. The lowest BCUT2D eigenvalue weighted by atomic mass is 10.1. The molecule has 9 heteroatoms. The summed E-state index contributed by atoms with van der Waals surface area (Å²) in [5, 5.41) is 26.0. The van der Waals surface area contributed by atoms with Crippen molar-refractivity contribution in [1.29, 1.82) is 0 Å². The van der Waals surface area contributed by atoms with Gasteiger partial charge in [0.1, 0.15) is 12.1 Å². The van der Waals surface area contributed by atoms with Gasteiger partial charge in [0, 0.05) is 29.9 Å². The summed E-state index contributed by atoms with van der Waals surface area (Å²) in [7, 11) is 0. The predicted molar refractivity (Wildman–Crippen MR) is 90.1 cm³/mol. The minimum absolute atomic E-state index is 0.0231. The minimum Gasteiger partial charge on any atom is -0.481 e. The lowest BCUT2D eigenvalue weighted by molar-refractivity contribution is -0.140. The molecule has 2 rings (SSSR count). The number of carboxylic acids is 3. The van der Waals surface area contributed by atoms with Crippen LogP contribution in [0.25, 0.3) is 10.9 Å². The highest BCUT2D eigenvalue weighted by Gasteiger charge is 2.14. The quantitative estimate of drug-likeness (QED) is 0.414. The Balaban J connectivity index is 0.000000275. The maximum atomic E-state index is 10.6. The molecule has 0 aliphatic rings. The van der Waals surface area contributed by atoms with Crippen molar-refractivity contribution in [3.8, 4) is 0 Å². The fourth-order valence-electron chi connectivity index (χ4n) is 2.03. The third-order valence-electron chi connectivity index (χ3n) is 3.42. The molecule has 2 unspecified atom stereocenters. The summed E-state index contributed by atoms with van der Waals surface area (Å²) in [5.74, 6) is -3.17. The number of hydrogen-bond donors (Lipinski definition) is 6. The van der Waals surface area contributed by atoms with Crippen LogP contribution < -0.4 is 11.5 Å². The number of aliphatic carboxylic acids is 3. The van der Waals surface area contributed by atoms with Crippen LogP contribution in [0.15, 0.2) is 30.5 Å². The number of carbonyl (C=O) groups is 3. The fraction of sp³-hybridized carbons (Fsp3) is 0.312. The topological polar surface area (TPSA) is 180 Å². The van der Waals surface area contributed by atoms with Crippen molar-refractivity contribution in [2.24, 2.45) is 11.5 Å². The first-order valence-electron chi connectivity index (χ1n) is 7.46. The fourth-order valence-corrected chi connectivity index (χ4v) is 2.03. The molecule has 0 aliphatic carbocycles. The Morgan fingerprint density at radius 1 is 1.00 bits per heavy atom. The number of hydrogen-bond acceptors (Lipinski definition) is 5. The zero-order valence-corrected chi connectivity index (χ0v) is 13.4. The average molecular weight is 351 g/mol. The van der Waals surface area contributed by atoms with Crippen LogP contribution in [0.5, 0.6) is 0 Å². The molecule has 1 aromatic carbocycles. The molecule has 2 aromatic rings. The lowest BCUT2D eigenvalue weighted by Crippen LogP contribution is -2.32. The van der Waals surface area contributed by atoms with Crippen LogP contribution in [0.3, 0.4) is 0 Å². The smallest absolute Gasteiger partial charge is 0.320 e. The molecule has 136 valence electrons. The Bertz CT molecular complexity index is 742. The van der Waals surface area contributed by atoms with E-state index >= 15 is 0 Å². The number of H-pyrrole nitrogens is 1. The van der Waals surface area contributed by atoms with Gasteiger partial charge in [-0.1, -0.05) is 18.2 Å². The van der Waals surface area contributed by atoms with Crippen molar-refractivity contribution in [3.05, 3.63) is 36.0 Å². The summed E-state index contributed by atoms with van der Waals surface area (Å²) in [4.78, 5) is 33.6. The van der Waals surface area contributed by atoms with E-state index < -0.39 is 30.0 Å². The van der Waals surface area contributed by atoms with Gasteiger partial charge in [-0.2, -0.15) is 0 Å². The van der Waals surface area contributed by atoms with E-state index in [0.29, 0.717) is 6.42 Å². The molecule has 1 heterocycles. The van der Waals surface area contributed by atoms with Crippen LogP contribution in [0.1, 0.15) is 18.4 Å². The molecule has 0 saturated carbocycles. The van der Waals surface area contributed by atoms with Gasteiger partial charge in [-0.15, -0.1) is 0 Å². The normalized spacial score (nSPS) is 12.7. The van der Waals surface area contributed by atoms with E-state index in [1.54, 1.807) is 0 Å². The molecule has 0 fully saturated rings. The van der Waals surface area contributed by atoms with E-state index in [2.05, 4.69) is 4.98 Å². The van der Waals surface area contributed by atoms with Crippen molar-refractivity contribution in [3.63, 3.8) is 0 Å². The highest BCUT2D eigenvalue weighted by molar-refractivity contribution is 5.84. The number of aromatic nitrogens is 1. The van der Waals surface area contributed by atoms with Crippen LogP contribution in [0.4, 0.5) is 0 Å². The molecule has 0 radical (unpaired) electrons. The van der Waals surface area contributed by atoms with Crippen molar-refractivity contribution < 1.29 is 29.7 Å². The molecule has 2 atom stereocenters. The summed E-state index contributed by atoms with van der Waals surface area (Å²) < 4.78 is 0. The van der Waals surface area contributed by atoms with Gasteiger partial charge >= 0.3 is 17.9 Å². The Hall–Kier alpha value is -2.91. The first kappa shape index (κ1) is 20.1. The second-order valence-electron chi connectivity index (χ2n) is 5.39. The highest BCUT2D eigenvalue weighted by Crippen LogP contribution is 2.18. The first-order chi connectivity index (χ1) is 11.7. The zero-order chi connectivity index (χ0) is 19.0. The number of nitrogens with two attached hydrogens (primary N) is 2. The van der Waals surface area contributed by atoms with Crippen LogP contribution >= 0.6 is 0 Å². The Morgan fingerprint density at radius 2 is 1.60 bits per heavy atom. The van der Waals surface area contributed by atoms with Gasteiger partial charge in [-0.05, 0) is 18.1 Å². The molecular weight excluding hydrogens is 330 g/mol. The predicted octanol–water partition coefficient (Wildman–Crippen LogP) is 0.385. The van der Waals surface area contributed by atoms with E-state index in [1.807, 2.05) is 30.5 Å². The van der Waals surface area contributed by atoms with E-state index in [1.165, 1.54) is 0 Å². The number of para-hydroxylation sites is 1. The Morgan fingerprint density at radius 3 is 2.16 bits per heavy atom. The summed E-state index contributed by atoms with van der Waals surface area (Å²) in [6, 6.07) is 5.85. The number of aromatic amines is 1. The highest BCUT2D eigenvalue weighted by atomic mass is 16.4. The Kier molecular flexibility index (Phi) is 7.57. The summed E-state index contributed by atoms with van der Waals surface area (Å²) in [6.07, 6.45) is 1.94. The number of carboxylic acid groups (broad SMARTS) is 3. The summed E-state index contributed by atoms with van der Waals surface area (Å²) >= 11 is 0. The van der Waals surface area contributed by atoms with Gasteiger partial charge in [-0.25, -0.2) is 0 Å².